The first-order chi connectivity index (χ1) is 6.79. The number of hydrazine groups is 1. The molecule has 0 radical (unpaired) electrons. The van der Waals surface area contributed by atoms with E-state index in [4.69, 9.17) is 10.6 Å². The third kappa shape index (κ3) is 1.83. The number of rotatable bonds is 2. The second-order valence-corrected chi connectivity index (χ2v) is 3.46. The Labute approximate surface area is 82.7 Å². The van der Waals surface area contributed by atoms with Crippen LogP contribution in [0.5, 0.6) is 0 Å². The smallest absolute Gasteiger partial charge is 0.159 e. The van der Waals surface area contributed by atoms with Crippen molar-refractivity contribution in [2.24, 2.45) is 5.84 Å². The molecule has 2 rings (SSSR count). The normalized spacial score (nSPS) is 26.4. The second-order valence-electron chi connectivity index (χ2n) is 3.46. The van der Waals surface area contributed by atoms with Gasteiger partial charge in [0.05, 0.1) is 6.10 Å². The van der Waals surface area contributed by atoms with Crippen molar-refractivity contribution in [3.63, 3.8) is 0 Å². The van der Waals surface area contributed by atoms with Gasteiger partial charge in [-0.05, 0) is 19.8 Å². The van der Waals surface area contributed by atoms with Crippen molar-refractivity contribution in [3.05, 3.63) is 18.1 Å². The minimum Gasteiger partial charge on any atom is -0.367 e. The minimum atomic E-state index is 0.0262. The van der Waals surface area contributed by atoms with Gasteiger partial charge in [0.1, 0.15) is 11.9 Å². The van der Waals surface area contributed by atoms with E-state index in [1.54, 1.807) is 12.3 Å². The number of nitrogens with two attached hydrogens (primary N) is 1. The van der Waals surface area contributed by atoms with Crippen molar-refractivity contribution < 1.29 is 4.74 Å². The van der Waals surface area contributed by atoms with E-state index >= 15 is 0 Å². The molecule has 0 spiro atoms. The van der Waals surface area contributed by atoms with Gasteiger partial charge in [-0.15, -0.1) is 0 Å². The van der Waals surface area contributed by atoms with Gasteiger partial charge < -0.3 is 10.2 Å². The van der Waals surface area contributed by atoms with Gasteiger partial charge in [-0.25, -0.2) is 15.8 Å². The summed E-state index contributed by atoms with van der Waals surface area (Å²) in [7, 11) is 0. The van der Waals surface area contributed by atoms with Crippen LogP contribution in [-0.2, 0) is 4.74 Å². The van der Waals surface area contributed by atoms with E-state index in [0.717, 1.165) is 12.8 Å². The maximum Gasteiger partial charge on any atom is 0.159 e. The van der Waals surface area contributed by atoms with Crippen LogP contribution in [0.2, 0.25) is 0 Å². The Morgan fingerprint density at radius 3 is 3.07 bits per heavy atom. The van der Waals surface area contributed by atoms with Crippen molar-refractivity contribution in [1.82, 2.24) is 9.97 Å². The Kier molecular flexibility index (Phi) is 2.60. The Morgan fingerprint density at radius 1 is 1.57 bits per heavy atom. The number of anilines is 1. The lowest BCUT2D eigenvalue weighted by molar-refractivity contribution is 0.0503. The number of nitrogens with one attached hydrogen (secondary N) is 1. The molecular weight excluding hydrogens is 180 g/mol. The highest BCUT2D eigenvalue weighted by Crippen LogP contribution is 2.30. The quantitative estimate of drug-likeness (QED) is 0.542. The van der Waals surface area contributed by atoms with E-state index < -0.39 is 0 Å². The van der Waals surface area contributed by atoms with Gasteiger partial charge in [0.25, 0.3) is 0 Å². The van der Waals surface area contributed by atoms with Gasteiger partial charge >= 0.3 is 0 Å². The average molecular weight is 194 g/mol. The van der Waals surface area contributed by atoms with Gasteiger partial charge in [0, 0.05) is 12.3 Å². The summed E-state index contributed by atoms with van der Waals surface area (Å²) < 4.78 is 5.65. The summed E-state index contributed by atoms with van der Waals surface area (Å²) in [6, 6.07) is 1.72. The summed E-state index contributed by atoms with van der Waals surface area (Å²) in [4.78, 5) is 8.41. The molecule has 3 N–H and O–H groups in total. The molecule has 2 atom stereocenters. The Balaban J connectivity index is 2.15. The molecule has 5 nitrogen and oxygen atoms in total. The largest absolute Gasteiger partial charge is 0.367 e. The first kappa shape index (κ1) is 9.36. The number of hydrogen-bond acceptors (Lipinski definition) is 5. The van der Waals surface area contributed by atoms with Gasteiger partial charge in [0.2, 0.25) is 0 Å². The summed E-state index contributed by atoms with van der Waals surface area (Å²) in [5, 5.41) is 0. The molecule has 2 heterocycles. The standard InChI is InChI=1S/C9H14N4O/c1-6-2-3-7(14-6)9-11-5-4-8(12-9)13-10/h4-7H,2-3,10H2,1H3,(H,11,12,13). The van der Waals surface area contributed by atoms with Crippen LogP contribution in [0.15, 0.2) is 12.3 Å². The highest BCUT2D eigenvalue weighted by atomic mass is 16.5. The molecule has 2 unspecified atom stereocenters. The summed E-state index contributed by atoms with van der Waals surface area (Å²) >= 11 is 0. The monoisotopic (exact) mass is 194 g/mol. The molecule has 0 bridgehead atoms. The van der Waals surface area contributed by atoms with Gasteiger partial charge in [-0.1, -0.05) is 0 Å². The lowest BCUT2D eigenvalue weighted by atomic mass is 10.2. The minimum absolute atomic E-state index is 0.0262. The molecule has 5 heteroatoms. The fraction of sp³-hybridized carbons (Fsp3) is 0.556. The van der Waals surface area contributed by atoms with Crippen LogP contribution in [0.3, 0.4) is 0 Å². The highest BCUT2D eigenvalue weighted by molar-refractivity contribution is 5.31. The topological polar surface area (TPSA) is 73.1 Å². The molecule has 1 aromatic rings. The molecular formula is C9H14N4O. The summed E-state index contributed by atoms with van der Waals surface area (Å²) in [6.45, 7) is 2.06. The number of nitrogens with zero attached hydrogens (tertiary/aromatic N) is 2. The van der Waals surface area contributed by atoms with Crippen molar-refractivity contribution in [3.8, 4) is 0 Å². The van der Waals surface area contributed by atoms with Gasteiger partial charge in [-0.3, -0.25) is 0 Å². The van der Waals surface area contributed by atoms with Crippen molar-refractivity contribution in [1.29, 1.82) is 0 Å². The number of hydrogen-bond donors (Lipinski definition) is 2. The first-order valence-electron chi connectivity index (χ1n) is 4.74. The predicted octanol–water partition coefficient (Wildman–Crippen LogP) is 1.00. The van der Waals surface area contributed by atoms with Crippen LogP contribution < -0.4 is 11.3 Å². The van der Waals surface area contributed by atoms with E-state index in [1.807, 2.05) is 0 Å². The number of nitrogen functional groups attached to an aromatic ring is 1. The van der Waals surface area contributed by atoms with E-state index in [-0.39, 0.29) is 6.10 Å². The zero-order valence-corrected chi connectivity index (χ0v) is 8.10. The van der Waals surface area contributed by atoms with E-state index in [1.165, 1.54) is 0 Å². The maximum absolute atomic E-state index is 5.65. The van der Waals surface area contributed by atoms with Crippen molar-refractivity contribution in [2.45, 2.75) is 32.0 Å². The third-order valence-corrected chi connectivity index (χ3v) is 2.34. The van der Waals surface area contributed by atoms with Crippen LogP contribution in [0, 0.1) is 0 Å². The molecule has 1 aliphatic heterocycles. The average Bonchev–Trinajstić information content (AvgIpc) is 2.65. The zero-order chi connectivity index (χ0) is 9.97. The second kappa shape index (κ2) is 3.89. The Hall–Kier alpha value is -1.20. The van der Waals surface area contributed by atoms with Gasteiger partial charge in [0.15, 0.2) is 5.82 Å². The van der Waals surface area contributed by atoms with Crippen LogP contribution in [0.25, 0.3) is 0 Å². The molecule has 76 valence electrons. The Bertz CT molecular complexity index is 317. The van der Waals surface area contributed by atoms with E-state index in [0.29, 0.717) is 17.7 Å². The summed E-state index contributed by atoms with van der Waals surface area (Å²) in [5.41, 5.74) is 2.50. The molecule has 1 aliphatic rings. The molecule has 1 aromatic heterocycles. The zero-order valence-electron chi connectivity index (χ0n) is 8.10. The van der Waals surface area contributed by atoms with Crippen LogP contribution in [0.4, 0.5) is 5.82 Å². The molecule has 0 aliphatic carbocycles. The third-order valence-electron chi connectivity index (χ3n) is 2.34. The SMILES string of the molecule is CC1CCC(c2nccc(NN)n2)O1. The summed E-state index contributed by atoms with van der Waals surface area (Å²) in [5.74, 6) is 6.60. The maximum atomic E-state index is 5.65. The highest BCUT2D eigenvalue weighted by Gasteiger charge is 2.25. The molecule has 0 amide bonds. The van der Waals surface area contributed by atoms with E-state index in [9.17, 15) is 0 Å². The van der Waals surface area contributed by atoms with Crippen molar-refractivity contribution >= 4 is 5.82 Å². The number of aromatic nitrogens is 2. The molecule has 14 heavy (non-hydrogen) atoms. The Morgan fingerprint density at radius 2 is 2.43 bits per heavy atom. The number of ether oxygens (including phenoxy) is 1. The molecule has 1 fully saturated rings. The molecule has 1 saturated heterocycles. The van der Waals surface area contributed by atoms with Crippen molar-refractivity contribution in [2.75, 3.05) is 5.43 Å². The lowest BCUT2D eigenvalue weighted by Gasteiger charge is -2.10. The van der Waals surface area contributed by atoms with E-state index in [2.05, 4.69) is 22.3 Å². The fourth-order valence-electron chi connectivity index (χ4n) is 1.60. The van der Waals surface area contributed by atoms with Crippen LogP contribution in [0.1, 0.15) is 31.7 Å². The van der Waals surface area contributed by atoms with Crippen LogP contribution in [-0.4, -0.2) is 16.1 Å². The lowest BCUT2D eigenvalue weighted by Crippen LogP contribution is -2.12. The molecule has 0 aromatic carbocycles. The summed E-state index contributed by atoms with van der Waals surface area (Å²) in [6.07, 6.45) is 4.06. The van der Waals surface area contributed by atoms with Crippen LogP contribution >= 0.6 is 0 Å². The van der Waals surface area contributed by atoms with Gasteiger partial charge in [-0.2, -0.15) is 0 Å². The predicted molar refractivity (Wildman–Crippen MR) is 52.4 cm³/mol. The first-order valence-corrected chi connectivity index (χ1v) is 4.74. The fourth-order valence-corrected chi connectivity index (χ4v) is 1.60. The molecule has 0 saturated carbocycles.